The van der Waals surface area contributed by atoms with Gasteiger partial charge in [-0.25, -0.2) is 13.4 Å². The topological polar surface area (TPSA) is 114 Å². The van der Waals surface area contributed by atoms with Crippen LogP contribution in [-0.4, -0.2) is 37.8 Å². The number of anilines is 1. The highest BCUT2D eigenvalue weighted by molar-refractivity contribution is 7.92. The second kappa shape index (κ2) is 7.05. The molecule has 0 fully saturated rings. The molecule has 0 spiro atoms. The number of carboxylic acids is 1. The zero-order valence-electron chi connectivity index (χ0n) is 11.4. The minimum atomic E-state index is -3.29. The first-order valence-electron chi connectivity index (χ1n) is 5.39. The van der Waals surface area contributed by atoms with Crippen LogP contribution in [0.3, 0.4) is 0 Å². The van der Waals surface area contributed by atoms with E-state index in [2.05, 4.69) is 4.98 Å². The molecule has 7 nitrogen and oxygen atoms in total. The van der Waals surface area contributed by atoms with Crippen molar-refractivity contribution in [1.29, 1.82) is 0 Å². The fourth-order valence-corrected chi connectivity index (χ4v) is 1.63. The third kappa shape index (κ3) is 6.16. The zero-order valence-corrected chi connectivity index (χ0v) is 12.2. The molecule has 0 aliphatic rings. The molecule has 1 rings (SSSR count). The van der Waals surface area contributed by atoms with Gasteiger partial charge in [0.05, 0.1) is 6.26 Å². The molecule has 0 saturated heterocycles. The van der Waals surface area contributed by atoms with E-state index in [1.54, 1.807) is 13.0 Å². The zero-order chi connectivity index (χ0) is 15.2. The van der Waals surface area contributed by atoms with Gasteiger partial charge in [0, 0.05) is 31.8 Å². The molecule has 19 heavy (non-hydrogen) atoms. The Morgan fingerprint density at radius 2 is 1.95 bits per heavy atom. The molecule has 3 N–H and O–H groups in total. The van der Waals surface area contributed by atoms with E-state index in [1.807, 2.05) is 6.07 Å². The number of carbonyl (C=O) groups is 1. The van der Waals surface area contributed by atoms with E-state index in [4.69, 9.17) is 15.6 Å². The van der Waals surface area contributed by atoms with Gasteiger partial charge in [0.2, 0.25) is 10.0 Å². The van der Waals surface area contributed by atoms with E-state index < -0.39 is 16.0 Å². The van der Waals surface area contributed by atoms with Crippen LogP contribution in [0.25, 0.3) is 0 Å². The van der Waals surface area contributed by atoms with Crippen molar-refractivity contribution in [2.45, 2.75) is 20.4 Å². The Hall–Kier alpha value is -1.67. The predicted molar refractivity (Wildman–Crippen MR) is 73.4 cm³/mol. The summed E-state index contributed by atoms with van der Waals surface area (Å²) in [6.45, 7) is 3.16. The third-order valence-electron chi connectivity index (χ3n) is 2.11. The fourth-order valence-electron chi connectivity index (χ4n) is 1.16. The summed E-state index contributed by atoms with van der Waals surface area (Å²) in [5, 5.41) is 7.42. The van der Waals surface area contributed by atoms with Crippen molar-refractivity contribution in [1.82, 2.24) is 4.98 Å². The standard InChI is InChI=1S/C9H15N3O2S.C2H4O2/c1-7-4-5-8(6-10)9(11-7)12(2)15(3,13)14;1-2(3)4/h4-5H,6,10H2,1-3H3;1H3,(H,3,4). The number of aromatic nitrogens is 1. The monoisotopic (exact) mass is 289 g/mol. The molecule has 0 bridgehead atoms. The summed E-state index contributed by atoms with van der Waals surface area (Å²) in [6.07, 6.45) is 1.14. The molecule has 0 radical (unpaired) electrons. The molecule has 0 amide bonds. The minimum absolute atomic E-state index is 0.266. The largest absolute Gasteiger partial charge is 0.481 e. The number of rotatable bonds is 3. The van der Waals surface area contributed by atoms with E-state index in [-0.39, 0.29) is 6.54 Å². The summed E-state index contributed by atoms with van der Waals surface area (Å²) in [5.74, 6) is -0.431. The van der Waals surface area contributed by atoms with Gasteiger partial charge < -0.3 is 10.8 Å². The lowest BCUT2D eigenvalue weighted by atomic mass is 10.2. The summed E-state index contributed by atoms with van der Waals surface area (Å²) in [7, 11) is -1.82. The molecule has 0 unspecified atom stereocenters. The second-order valence-electron chi connectivity index (χ2n) is 3.89. The van der Waals surface area contributed by atoms with Crippen LogP contribution in [0.15, 0.2) is 12.1 Å². The molecule has 1 aromatic heterocycles. The number of carboxylic acid groups (broad SMARTS) is 1. The van der Waals surface area contributed by atoms with Crippen LogP contribution < -0.4 is 10.0 Å². The van der Waals surface area contributed by atoms with Gasteiger partial charge in [-0.1, -0.05) is 6.07 Å². The number of aryl methyl sites for hydroxylation is 1. The van der Waals surface area contributed by atoms with Crippen molar-refractivity contribution < 1.29 is 18.3 Å². The predicted octanol–water partition coefficient (Wildman–Crippen LogP) is 0.335. The Kier molecular flexibility index (Phi) is 6.43. The first-order valence-corrected chi connectivity index (χ1v) is 7.24. The van der Waals surface area contributed by atoms with Crippen LogP contribution in [0.4, 0.5) is 5.82 Å². The van der Waals surface area contributed by atoms with Crippen LogP contribution in [0.5, 0.6) is 0 Å². The average molecular weight is 289 g/mol. The molecule has 0 aromatic carbocycles. The van der Waals surface area contributed by atoms with Gasteiger partial charge in [0.15, 0.2) is 0 Å². The lowest BCUT2D eigenvalue weighted by Crippen LogP contribution is -2.27. The number of nitrogens with zero attached hydrogens (tertiary/aromatic N) is 2. The van der Waals surface area contributed by atoms with Crippen molar-refractivity contribution in [3.05, 3.63) is 23.4 Å². The van der Waals surface area contributed by atoms with Crippen molar-refractivity contribution >= 4 is 21.8 Å². The van der Waals surface area contributed by atoms with E-state index in [1.165, 1.54) is 7.05 Å². The SMILES string of the molecule is CC(=O)O.Cc1ccc(CN)c(N(C)S(C)(=O)=O)n1. The lowest BCUT2D eigenvalue weighted by molar-refractivity contribution is -0.134. The lowest BCUT2D eigenvalue weighted by Gasteiger charge is -2.18. The number of sulfonamides is 1. The maximum absolute atomic E-state index is 11.4. The molecule has 1 aromatic rings. The summed E-state index contributed by atoms with van der Waals surface area (Å²) in [6, 6.07) is 3.60. The first-order chi connectivity index (χ1) is 8.59. The molecular formula is C11H19N3O4S. The molecule has 108 valence electrons. The highest BCUT2D eigenvalue weighted by Crippen LogP contribution is 2.18. The van der Waals surface area contributed by atoms with E-state index in [9.17, 15) is 8.42 Å². The number of hydrogen-bond acceptors (Lipinski definition) is 5. The third-order valence-corrected chi connectivity index (χ3v) is 3.28. The first kappa shape index (κ1) is 17.3. The van der Waals surface area contributed by atoms with Crippen molar-refractivity contribution in [2.24, 2.45) is 5.73 Å². The summed E-state index contributed by atoms with van der Waals surface area (Å²) >= 11 is 0. The van der Waals surface area contributed by atoms with Crippen LogP contribution >= 0.6 is 0 Å². The number of aliphatic carboxylic acids is 1. The van der Waals surface area contributed by atoms with Crippen LogP contribution in [0.1, 0.15) is 18.2 Å². The Morgan fingerprint density at radius 1 is 1.47 bits per heavy atom. The molecule has 0 aliphatic heterocycles. The number of pyridine rings is 1. The van der Waals surface area contributed by atoms with Gasteiger partial charge in [0.25, 0.3) is 5.97 Å². The van der Waals surface area contributed by atoms with Gasteiger partial charge in [-0.2, -0.15) is 0 Å². The Morgan fingerprint density at radius 3 is 2.32 bits per heavy atom. The molecule has 8 heteroatoms. The Bertz CT molecular complexity index is 539. The summed E-state index contributed by atoms with van der Waals surface area (Å²) < 4.78 is 23.9. The molecular weight excluding hydrogens is 270 g/mol. The average Bonchev–Trinajstić information content (AvgIpc) is 2.26. The van der Waals surface area contributed by atoms with E-state index in [0.717, 1.165) is 23.2 Å². The second-order valence-corrected chi connectivity index (χ2v) is 5.90. The summed E-state index contributed by atoms with van der Waals surface area (Å²) in [4.78, 5) is 13.2. The van der Waals surface area contributed by atoms with Crippen molar-refractivity contribution in [3.63, 3.8) is 0 Å². The van der Waals surface area contributed by atoms with Crippen LogP contribution in [-0.2, 0) is 21.4 Å². The van der Waals surface area contributed by atoms with Gasteiger partial charge in [-0.05, 0) is 13.0 Å². The number of hydrogen-bond donors (Lipinski definition) is 2. The Labute approximate surface area is 113 Å². The van der Waals surface area contributed by atoms with Crippen molar-refractivity contribution in [3.8, 4) is 0 Å². The maximum atomic E-state index is 11.4. The van der Waals surface area contributed by atoms with Gasteiger partial charge in [-0.3, -0.25) is 9.10 Å². The molecule has 1 heterocycles. The maximum Gasteiger partial charge on any atom is 0.300 e. The molecule has 0 atom stereocenters. The van der Waals surface area contributed by atoms with Crippen LogP contribution in [0, 0.1) is 6.92 Å². The normalized spacial score (nSPS) is 10.4. The van der Waals surface area contributed by atoms with Crippen LogP contribution in [0.2, 0.25) is 0 Å². The minimum Gasteiger partial charge on any atom is -0.481 e. The number of nitrogens with two attached hydrogens (primary N) is 1. The van der Waals surface area contributed by atoms with Crippen molar-refractivity contribution in [2.75, 3.05) is 17.6 Å². The summed E-state index contributed by atoms with van der Waals surface area (Å²) in [5.41, 5.74) is 7.00. The smallest absolute Gasteiger partial charge is 0.300 e. The Balaban J connectivity index is 0.000000711. The van der Waals surface area contributed by atoms with E-state index in [0.29, 0.717) is 11.4 Å². The van der Waals surface area contributed by atoms with Gasteiger partial charge in [-0.15, -0.1) is 0 Å². The fraction of sp³-hybridized carbons (Fsp3) is 0.455. The highest BCUT2D eigenvalue weighted by Gasteiger charge is 2.16. The van der Waals surface area contributed by atoms with Gasteiger partial charge >= 0.3 is 0 Å². The van der Waals surface area contributed by atoms with E-state index >= 15 is 0 Å². The quantitative estimate of drug-likeness (QED) is 0.829. The highest BCUT2D eigenvalue weighted by atomic mass is 32.2. The molecule has 0 saturated carbocycles. The van der Waals surface area contributed by atoms with Gasteiger partial charge in [0.1, 0.15) is 5.82 Å². The molecule has 0 aliphatic carbocycles.